The number of nitrogens with zero attached hydrogens (tertiary/aromatic N) is 1. The van der Waals surface area contributed by atoms with Crippen molar-refractivity contribution in [2.24, 2.45) is 0 Å². The fraction of sp³-hybridized carbons (Fsp3) is 0.529. The molecule has 1 aromatic carbocycles. The second kappa shape index (κ2) is 7.09. The van der Waals surface area contributed by atoms with E-state index >= 15 is 0 Å². The second-order valence-electron chi connectivity index (χ2n) is 6.42. The molecule has 6 nitrogen and oxygen atoms in total. The first kappa shape index (κ1) is 17.2. The lowest BCUT2D eigenvalue weighted by Crippen LogP contribution is -2.44. The maximum absolute atomic E-state index is 12.5. The number of hydrogen-bond acceptors (Lipinski definition) is 4. The van der Waals surface area contributed by atoms with Crippen molar-refractivity contribution in [1.82, 2.24) is 15.5 Å². The fourth-order valence-corrected chi connectivity index (χ4v) is 3.66. The van der Waals surface area contributed by atoms with Gasteiger partial charge in [-0.2, -0.15) is 0 Å². The highest BCUT2D eigenvalue weighted by molar-refractivity contribution is 6.30. The fourth-order valence-electron chi connectivity index (χ4n) is 3.53. The van der Waals surface area contributed by atoms with Crippen LogP contribution in [0.5, 0.6) is 0 Å². The van der Waals surface area contributed by atoms with Crippen LogP contribution in [0.4, 0.5) is 4.79 Å². The minimum atomic E-state index is -0.663. The van der Waals surface area contributed by atoms with Gasteiger partial charge in [0.05, 0.1) is 12.6 Å². The first-order valence-electron chi connectivity index (χ1n) is 8.29. The summed E-state index contributed by atoms with van der Waals surface area (Å²) in [7, 11) is 0. The number of carbonyl (C=O) groups is 2. The molecule has 1 atom stereocenters. The standard InChI is InChI=1S/C17H22ClN3O3/c18-13-5-3-12(4-6-13)14(11-22)19-9-10-21-15(23)17(20-16(21)24)7-1-2-8-17/h3-6,14,19,22H,1-2,7-11H2,(H,20,24). The van der Waals surface area contributed by atoms with Gasteiger partial charge in [0.2, 0.25) is 0 Å². The Labute approximate surface area is 146 Å². The highest BCUT2D eigenvalue weighted by atomic mass is 35.5. The monoisotopic (exact) mass is 351 g/mol. The third kappa shape index (κ3) is 3.27. The van der Waals surface area contributed by atoms with Gasteiger partial charge in [-0.25, -0.2) is 4.79 Å². The van der Waals surface area contributed by atoms with E-state index in [1.54, 1.807) is 12.1 Å². The van der Waals surface area contributed by atoms with E-state index in [1.165, 1.54) is 4.90 Å². The zero-order chi connectivity index (χ0) is 17.2. The molecule has 1 saturated carbocycles. The molecule has 130 valence electrons. The summed E-state index contributed by atoms with van der Waals surface area (Å²) in [6, 6.07) is 6.65. The lowest BCUT2D eigenvalue weighted by molar-refractivity contribution is -0.131. The normalized spacial score (nSPS) is 20.7. The van der Waals surface area contributed by atoms with E-state index in [1.807, 2.05) is 12.1 Å². The van der Waals surface area contributed by atoms with Crippen LogP contribution in [0.1, 0.15) is 37.3 Å². The number of carbonyl (C=O) groups excluding carboxylic acids is 2. The summed E-state index contributed by atoms with van der Waals surface area (Å²) < 4.78 is 0. The Hall–Kier alpha value is -1.63. The van der Waals surface area contributed by atoms with E-state index in [-0.39, 0.29) is 31.1 Å². The van der Waals surface area contributed by atoms with Crippen molar-refractivity contribution in [1.29, 1.82) is 0 Å². The first-order valence-corrected chi connectivity index (χ1v) is 8.67. The summed E-state index contributed by atoms with van der Waals surface area (Å²) in [5, 5.41) is 16.2. The van der Waals surface area contributed by atoms with Crippen LogP contribution in [-0.2, 0) is 4.79 Å². The van der Waals surface area contributed by atoms with Crippen molar-refractivity contribution in [2.45, 2.75) is 37.3 Å². The zero-order valence-corrected chi connectivity index (χ0v) is 14.2. The molecule has 3 N–H and O–H groups in total. The molecule has 2 aliphatic rings. The summed E-state index contributed by atoms with van der Waals surface area (Å²) >= 11 is 5.87. The largest absolute Gasteiger partial charge is 0.394 e. The molecule has 3 rings (SSSR count). The van der Waals surface area contributed by atoms with E-state index in [4.69, 9.17) is 11.6 Å². The van der Waals surface area contributed by atoms with Crippen LogP contribution in [0, 0.1) is 0 Å². The lowest BCUT2D eigenvalue weighted by Gasteiger charge is -2.21. The number of urea groups is 1. The maximum atomic E-state index is 12.5. The number of imide groups is 1. The van der Waals surface area contributed by atoms with Crippen LogP contribution in [0.2, 0.25) is 5.02 Å². The third-order valence-electron chi connectivity index (χ3n) is 4.88. The average Bonchev–Trinajstić information content (AvgIpc) is 3.13. The van der Waals surface area contributed by atoms with Gasteiger partial charge in [-0.1, -0.05) is 36.6 Å². The van der Waals surface area contributed by atoms with E-state index in [2.05, 4.69) is 10.6 Å². The molecule has 1 saturated heterocycles. The van der Waals surface area contributed by atoms with Crippen LogP contribution < -0.4 is 10.6 Å². The summed E-state index contributed by atoms with van der Waals surface area (Å²) in [5.74, 6) is -0.112. The number of aliphatic hydroxyl groups is 1. The molecule has 7 heteroatoms. The van der Waals surface area contributed by atoms with Crippen molar-refractivity contribution in [3.8, 4) is 0 Å². The van der Waals surface area contributed by atoms with Crippen molar-refractivity contribution in [3.05, 3.63) is 34.9 Å². The second-order valence-corrected chi connectivity index (χ2v) is 6.85. The van der Waals surface area contributed by atoms with Gasteiger partial charge >= 0.3 is 6.03 Å². The van der Waals surface area contributed by atoms with Gasteiger partial charge in [0.1, 0.15) is 5.54 Å². The quantitative estimate of drug-likeness (QED) is 0.683. The number of halogens is 1. The van der Waals surface area contributed by atoms with Gasteiger partial charge in [0.15, 0.2) is 0 Å². The van der Waals surface area contributed by atoms with Crippen molar-refractivity contribution in [2.75, 3.05) is 19.7 Å². The molecule has 1 aliphatic heterocycles. The summed E-state index contributed by atoms with van der Waals surface area (Å²) in [6.07, 6.45) is 3.40. The highest BCUT2D eigenvalue weighted by Crippen LogP contribution is 2.34. The predicted molar refractivity (Wildman–Crippen MR) is 90.7 cm³/mol. The number of hydrogen-bond donors (Lipinski definition) is 3. The molecule has 0 bridgehead atoms. The molecular weight excluding hydrogens is 330 g/mol. The summed E-state index contributed by atoms with van der Waals surface area (Å²) in [5.41, 5.74) is 0.246. The predicted octanol–water partition coefficient (Wildman–Crippen LogP) is 1.83. The highest BCUT2D eigenvalue weighted by Gasteiger charge is 2.52. The van der Waals surface area contributed by atoms with E-state index in [0.29, 0.717) is 11.6 Å². The van der Waals surface area contributed by atoms with Gasteiger partial charge < -0.3 is 15.7 Å². The molecule has 1 spiro atoms. The van der Waals surface area contributed by atoms with Gasteiger partial charge in [-0.3, -0.25) is 9.69 Å². The Morgan fingerprint density at radius 3 is 2.54 bits per heavy atom. The van der Waals surface area contributed by atoms with Crippen LogP contribution in [0.15, 0.2) is 24.3 Å². The van der Waals surface area contributed by atoms with Crippen LogP contribution in [0.3, 0.4) is 0 Å². The summed E-state index contributed by atoms with van der Waals surface area (Å²) in [4.78, 5) is 25.9. The SMILES string of the molecule is O=C1NC2(CCCC2)C(=O)N1CCNC(CO)c1ccc(Cl)cc1. The third-order valence-corrected chi connectivity index (χ3v) is 5.14. The Bertz CT molecular complexity index is 614. The molecule has 1 aromatic rings. The minimum absolute atomic E-state index is 0.0777. The van der Waals surface area contributed by atoms with Crippen LogP contribution in [-0.4, -0.2) is 47.2 Å². The Morgan fingerprint density at radius 1 is 1.25 bits per heavy atom. The molecule has 2 fully saturated rings. The van der Waals surface area contributed by atoms with Crippen molar-refractivity contribution in [3.63, 3.8) is 0 Å². The number of aliphatic hydroxyl groups excluding tert-OH is 1. The van der Waals surface area contributed by atoms with Crippen LogP contribution >= 0.6 is 11.6 Å². The zero-order valence-electron chi connectivity index (χ0n) is 13.4. The van der Waals surface area contributed by atoms with Gasteiger partial charge in [0.25, 0.3) is 5.91 Å². The lowest BCUT2D eigenvalue weighted by atomic mass is 9.98. The number of amides is 3. The molecule has 3 amide bonds. The van der Waals surface area contributed by atoms with Gasteiger partial charge in [-0.15, -0.1) is 0 Å². The molecule has 1 aliphatic carbocycles. The Morgan fingerprint density at radius 2 is 1.92 bits per heavy atom. The molecular formula is C17H22ClN3O3. The van der Waals surface area contributed by atoms with Crippen LogP contribution in [0.25, 0.3) is 0 Å². The molecule has 24 heavy (non-hydrogen) atoms. The minimum Gasteiger partial charge on any atom is -0.394 e. The van der Waals surface area contributed by atoms with Gasteiger partial charge in [0, 0.05) is 18.1 Å². The van der Waals surface area contributed by atoms with Crippen molar-refractivity contribution >= 4 is 23.5 Å². The Kier molecular flexibility index (Phi) is 5.08. The molecule has 0 radical (unpaired) electrons. The molecule has 1 heterocycles. The van der Waals surface area contributed by atoms with E-state index in [0.717, 1.165) is 31.2 Å². The van der Waals surface area contributed by atoms with E-state index < -0.39 is 5.54 Å². The molecule has 0 aromatic heterocycles. The Balaban J connectivity index is 1.56. The average molecular weight is 352 g/mol. The number of benzene rings is 1. The van der Waals surface area contributed by atoms with Gasteiger partial charge in [-0.05, 0) is 30.5 Å². The van der Waals surface area contributed by atoms with Crippen molar-refractivity contribution < 1.29 is 14.7 Å². The first-order chi connectivity index (χ1) is 11.6. The molecule has 1 unspecified atom stereocenters. The maximum Gasteiger partial charge on any atom is 0.325 e. The van der Waals surface area contributed by atoms with E-state index in [9.17, 15) is 14.7 Å². The number of nitrogens with one attached hydrogen (secondary N) is 2. The topological polar surface area (TPSA) is 81.7 Å². The number of rotatable bonds is 6. The summed E-state index contributed by atoms with van der Waals surface area (Å²) in [6.45, 7) is 0.630. The smallest absolute Gasteiger partial charge is 0.325 e.